The minimum Gasteiger partial charge on any atom is -0.379 e. The van der Waals surface area contributed by atoms with Crippen LogP contribution in [0.1, 0.15) is 19.5 Å². The summed E-state index contributed by atoms with van der Waals surface area (Å²) in [6.45, 7) is 5.36. The summed E-state index contributed by atoms with van der Waals surface area (Å²) in [6, 6.07) is 7.97. The van der Waals surface area contributed by atoms with Gasteiger partial charge in [0.05, 0.1) is 23.9 Å². The summed E-state index contributed by atoms with van der Waals surface area (Å²) < 4.78 is 1.78. The summed E-state index contributed by atoms with van der Waals surface area (Å²) in [5.41, 5.74) is 3.70. The van der Waals surface area contributed by atoms with Crippen LogP contribution < -0.4 is 10.2 Å². The number of carbonyl (C=O) groups excluding carboxylic acids is 1. The third-order valence-electron chi connectivity index (χ3n) is 4.51. The van der Waals surface area contributed by atoms with Gasteiger partial charge in [-0.05, 0) is 32.0 Å². The van der Waals surface area contributed by atoms with Crippen molar-refractivity contribution in [1.29, 1.82) is 0 Å². The lowest BCUT2D eigenvalue weighted by molar-refractivity contribution is -0.132. The van der Waals surface area contributed by atoms with Crippen LogP contribution in [-0.4, -0.2) is 27.2 Å². The number of nitrogens with zero attached hydrogens (tertiary/aromatic N) is 4. The van der Waals surface area contributed by atoms with Crippen LogP contribution in [0.2, 0.25) is 0 Å². The fourth-order valence-corrected chi connectivity index (χ4v) is 3.84. The number of anilines is 2. The van der Waals surface area contributed by atoms with E-state index < -0.39 is 0 Å². The van der Waals surface area contributed by atoms with Gasteiger partial charge in [0, 0.05) is 42.1 Å². The third-order valence-corrected chi connectivity index (χ3v) is 5.45. The Bertz CT molecular complexity index is 958. The number of rotatable bonds is 5. The number of benzene rings is 1. The van der Waals surface area contributed by atoms with Gasteiger partial charge >= 0.3 is 0 Å². The number of carbonyl (C=O) groups is 1. The maximum atomic E-state index is 12.2. The molecule has 0 spiro atoms. The van der Waals surface area contributed by atoms with Crippen molar-refractivity contribution in [3.8, 4) is 10.6 Å². The molecule has 4 rings (SSSR count). The Hall–Kier alpha value is -2.67. The summed E-state index contributed by atoms with van der Waals surface area (Å²) in [5.74, 6) is 0.176. The van der Waals surface area contributed by atoms with Crippen LogP contribution in [0.3, 0.4) is 0 Å². The third kappa shape index (κ3) is 3.10. The van der Waals surface area contributed by atoms with Gasteiger partial charge in [-0.15, -0.1) is 11.3 Å². The minimum absolute atomic E-state index is 0.176. The van der Waals surface area contributed by atoms with E-state index in [1.165, 1.54) is 0 Å². The van der Waals surface area contributed by atoms with Crippen molar-refractivity contribution in [1.82, 2.24) is 14.8 Å². The molecule has 2 aromatic heterocycles. The largest absolute Gasteiger partial charge is 0.379 e. The first-order valence-electron chi connectivity index (χ1n) is 8.52. The van der Waals surface area contributed by atoms with Crippen molar-refractivity contribution in [3.63, 3.8) is 0 Å². The van der Waals surface area contributed by atoms with Gasteiger partial charge in [-0.3, -0.25) is 9.48 Å². The Morgan fingerprint density at radius 2 is 2.19 bits per heavy atom. The first-order valence-corrected chi connectivity index (χ1v) is 9.40. The Kier molecular flexibility index (Phi) is 4.03. The van der Waals surface area contributed by atoms with E-state index in [0.29, 0.717) is 6.54 Å². The molecule has 1 saturated heterocycles. The molecule has 0 saturated carbocycles. The smallest absolute Gasteiger partial charge is 0.234 e. The number of nitrogens with one attached hydrogen (secondary N) is 1. The molecule has 3 heterocycles. The molecule has 0 atom stereocenters. The van der Waals surface area contributed by atoms with E-state index in [0.717, 1.165) is 34.2 Å². The van der Waals surface area contributed by atoms with E-state index in [1.807, 2.05) is 62.5 Å². The summed E-state index contributed by atoms with van der Waals surface area (Å²) >= 11 is 1.61. The summed E-state index contributed by atoms with van der Waals surface area (Å²) in [4.78, 5) is 18.7. The van der Waals surface area contributed by atoms with Crippen molar-refractivity contribution in [2.45, 2.75) is 20.4 Å². The zero-order chi connectivity index (χ0) is 18.3. The number of amides is 1. The second-order valence-electron chi connectivity index (χ2n) is 7.23. The lowest BCUT2D eigenvalue weighted by atomic mass is 9.83. The number of hydrogen-bond acceptors (Lipinski definition) is 5. The number of aromatic nitrogens is 3. The predicted molar refractivity (Wildman–Crippen MR) is 104 cm³/mol. The average molecular weight is 367 g/mol. The Morgan fingerprint density at radius 3 is 2.88 bits per heavy atom. The average Bonchev–Trinajstić information content (AvgIpc) is 3.27. The van der Waals surface area contributed by atoms with Crippen LogP contribution in [0, 0.1) is 5.41 Å². The van der Waals surface area contributed by atoms with E-state index in [1.54, 1.807) is 16.0 Å². The zero-order valence-electron chi connectivity index (χ0n) is 15.1. The van der Waals surface area contributed by atoms with Crippen molar-refractivity contribution >= 4 is 28.6 Å². The van der Waals surface area contributed by atoms with Crippen molar-refractivity contribution in [3.05, 3.63) is 47.7 Å². The number of thiazole rings is 1. The van der Waals surface area contributed by atoms with Crippen LogP contribution >= 0.6 is 11.3 Å². The van der Waals surface area contributed by atoms with Gasteiger partial charge in [0.25, 0.3) is 0 Å². The molecule has 0 radical (unpaired) electrons. The molecule has 1 aliphatic rings. The maximum Gasteiger partial charge on any atom is 0.234 e. The number of hydrogen-bond donors (Lipinski definition) is 1. The molecule has 1 N–H and O–H groups in total. The quantitative estimate of drug-likeness (QED) is 0.701. The molecule has 1 amide bonds. The van der Waals surface area contributed by atoms with Gasteiger partial charge in [-0.1, -0.05) is 6.07 Å². The molecule has 0 aliphatic carbocycles. The molecular formula is C19H21N5OS. The van der Waals surface area contributed by atoms with E-state index >= 15 is 0 Å². The lowest BCUT2D eigenvalue weighted by Gasteiger charge is -2.44. The van der Waals surface area contributed by atoms with Gasteiger partial charge in [-0.25, -0.2) is 4.98 Å². The van der Waals surface area contributed by atoms with E-state index in [9.17, 15) is 4.79 Å². The number of aryl methyl sites for hydroxylation is 1. The highest BCUT2D eigenvalue weighted by molar-refractivity contribution is 7.13. The fraction of sp³-hybridized carbons (Fsp3) is 0.316. The van der Waals surface area contributed by atoms with E-state index in [-0.39, 0.29) is 11.3 Å². The molecule has 0 bridgehead atoms. The van der Waals surface area contributed by atoms with Crippen LogP contribution in [0.25, 0.3) is 10.6 Å². The molecule has 1 aliphatic heterocycles. The highest BCUT2D eigenvalue weighted by Crippen LogP contribution is 2.35. The second kappa shape index (κ2) is 6.25. The molecule has 134 valence electrons. The molecule has 1 fully saturated rings. The molecule has 26 heavy (non-hydrogen) atoms. The van der Waals surface area contributed by atoms with Gasteiger partial charge < -0.3 is 10.2 Å². The zero-order valence-corrected chi connectivity index (χ0v) is 15.9. The van der Waals surface area contributed by atoms with Crippen LogP contribution in [0.5, 0.6) is 0 Å². The standard InChI is InChI=1S/C19H21N5OS/c1-19(2)12-24(18(19)25)16-6-4-5-14(7-16)20-9-15-11-26-17(22-15)13-8-21-23(3)10-13/h4-8,10-11,20H,9,12H2,1-3H3. The van der Waals surface area contributed by atoms with Crippen LogP contribution in [-0.2, 0) is 18.4 Å². The highest BCUT2D eigenvalue weighted by atomic mass is 32.1. The predicted octanol–water partition coefficient (Wildman–Crippen LogP) is 3.53. The van der Waals surface area contributed by atoms with Crippen molar-refractivity contribution in [2.24, 2.45) is 12.5 Å². The molecule has 7 heteroatoms. The van der Waals surface area contributed by atoms with Gasteiger partial charge in [0.2, 0.25) is 5.91 Å². The molecule has 1 aromatic carbocycles. The Labute approximate surface area is 156 Å². The lowest BCUT2D eigenvalue weighted by Crippen LogP contribution is -2.58. The number of β-lactam (4-membered cyclic amide) rings is 1. The van der Waals surface area contributed by atoms with Crippen LogP contribution in [0.15, 0.2) is 42.0 Å². The van der Waals surface area contributed by atoms with E-state index in [4.69, 9.17) is 0 Å². The van der Waals surface area contributed by atoms with Gasteiger partial charge in [0.15, 0.2) is 0 Å². The Morgan fingerprint density at radius 1 is 1.35 bits per heavy atom. The second-order valence-corrected chi connectivity index (χ2v) is 8.08. The van der Waals surface area contributed by atoms with E-state index in [2.05, 4.69) is 20.8 Å². The molecule has 0 unspecified atom stereocenters. The monoisotopic (exact) mass is 367 g/mol. The van der Waals surface area contributed by atoms with Crippen molar-refractivity contribution in [2.75, 3.05) is 16.8 Å². The van der Waals surface area contributed by atoms with Gasteiger partial charge in [0.1, 0.15) is 5.01 Å². The summed E-state index contributed by atoms with van der Waals surface area (Å²) in [6.07, 6.45) is 3.79. The normalized spacial score (nSPS) is 15.8. The molecular weight excluding hydrogens is 346 g/mol. The maximum absolute atomic E-state index is 12.2. The minimum atomic E-state index is -0.243. The summed E-state index contributed by atoms with van der Waals surface area (Å²) in [5, 5.41) is 10.6. The summed E-state index contributed by atoms with van der Waals surface area (Å²) in [7, 11) is 1.90. The Balaban J connectivity index is 1.42. The first-order chi connectivity index (χ1) is 12.4. The highest BCUT2D eigenvalue weighted by Gasteiger charge is 2.44. The molecule has 3 aromatic rings. The van der Waals surface area contributed by atoms with Gasteiger partial charge in [-0.2, -0.15) is 5.10 Å². The molecule has 6 nitrogen and oxygen atoms in total. The SMILES string of the molecule is Cn1cc(-c2nc(CNc3cccc(N4CC(C)(C)C4=O)c3)cs2)cn1. The fourth-order valence-electron chi connectivity index (χ4n) is 3.05. The van der Waals surface area contributed by atoms with Crippen LogP contribution in [0.4, 0.5) is 11.4 Å². The topological polar surface area (TPSA) is 63.1 Å². The van der Waals surface area contributed by atoms with Crippen molar-refractivity contribution < 1.29 is 4.79 Å². The first kappa shape index (κ1) is 16.8.